The number of benzene rings is 3. The first-order chi connectivity index (χ1) is 16.5. The third-order valence-corrected chi connectivity index (χ3v) is 5.72. The Morgan fingerprint density at radius 2 is 1.68 bits per heavy atom. The highest BCUT2D eigenvalue weighted by atomic mass is 35.5. The average Bonchev–Trinajstić information content (AvgIpc) is 3.15. The van der Waals surface area contributed by atoms with Gasteiger partial charge in [-0.2, -0.15) is 0 Å². The summed E-state index contributed by atoms with van der Waals surface area (Å²) in [5.74, 6) is 0.739. The van der Waals surface area contributed by atoms with E-state index < -0.39 is 12.1 Å². The number of nitrogens with one attached hydrogen (secondary N) is 2. The van der Waals surface area contributed by atoms with Crippen LogP contribution in [0, 0.1) is 0 Å². The number of carbonyl (C=O) groups is 2. The normalized spacial score (nSPS) is 18.4. The molecule has 0 aliphatic carbocycles. The van der Waals surface area contributed by atoms with E-state index in [2.05, 4.69) is 10.7 Å². The van der Waals surface area contributed by atoms with Gasteiger partial charge in [0.2, 0.25) is 12.3 Å². The van der Waals surface area contributed by atoms with Gasteiger partial charge in [-0.05, 0) is 67.6 Å². The molecule has 1 fully saturated rings. The average molecular weight is 479 g/mol. The molecule has 8 heteroatoms. The van der Waals surface area contributed by atoms with Gasteiger partial charge in [0.15, 0.2) is 6.04 Å². The van der Waals surface area contributed by atoms with E-state index in [0.717, 1.165) is 16.9 Å². The summed E-state index contributed by atoms with van der Waals surface area (Å²) in [6, 6.07) is 20.2. The van der Waals surface area contributed by atoms with E-state index in [-0.39, 0.29) is 11.8 Å². The Hall–Kier alpha value is -3.84. The van der Waals surface area contributed by atoms with Crippen molar-refractivity contribution in [3.8, 4) is 11.5 Å². The standard InChI is InChI=1S/C26H24ClN3O4/c1-3-34-22-12-4-17(5-13-22)16-30-24(18-6-10-20(27)11-7-18)23(26(32)29-30)28-25(31)19-8-14-21(33-2)15-9-19/h4-16,23-24H,3H2,1-2H3,(H-,28,29,31,32)/p+1/b30-16-/t23-,24+/m0/s1. The Bertz CT molecular complexity index is 1190. The number of nitrogens with zero attached hydrogens (tertiary/aromatic N) is 1. The molecule has 2 atom stereocenters. The van der Waals surface area contributed by atoms with Crippen LogP contribution in [0.25, 0.3) is 0 Å². The predicted molar refractivity (Wildman–Crippen MR) is 130 cm³/mol. The maximum atomic E-state index is 13.0. The summed E-state index contributed by atoms with van der Waals surface area (Å²) in [6.07, 6.45) is 1.83. The van der Waals surface area contributed by atoms with Crippen LogP contribution in [0.5, 0.6) is 11.5 Å². The van der Waals surface area contributed by atoms with Crippen LogP contribution < -0.4 is 20.2 Å². The first kappa shape index (κ1) is 23.3. The number of hydrogen-bond donors (Lipinski definition) is 2. The van der Waals surface area contributed by atoms with Crippen molar-refractivity contribution in [3.63, 3.8) is 0 Å². The van der Waals surface area contributed by atoms with Gasteiger partial charge >= 0.3 is 5.91 Å². The fourth-order valence-electron chi connectivity index (χ4n) is 3.78. The van der Waals surface area contributed by atoms with E-state index >= 15 is 0 Å². The van der Waals surface area contributed by atoms with Crippen molar-refractivity contribution in [2.75, 3.05) is 13.7 Å². The van der Waals surface area contributed by atoms with Crippen LogP contribution in [0.15, 0.2) is 72.8 Å². The van der Waals surface area contributed by atoms with Gasteiger partial charge in [0.1, 0.15) is 11.5 Å². The molecule has 3 aromatic carbocycles. The summed E-state index contributed by atoms with van der Waals surface area (Å²) >= 11 is 6.08. The third-order valence-electron chi connectivity index (χ3n) is 5.47. The first-order valence-electron chi connectivity index (χ1n) is 10.9. The second kappa shape index (κ2) is 10.4. The van der Waals surface area contributed by atoms with Gasteiger partial charge in [-0.25, -0.2) is 0 Å². The van der Waals surface area contributed by atoms with Crippen molar-refractivity contribution in [1.82, 2.24) is 10.7 Å². The molecule has 0 aromatic heterocycles. The van der Waals surface area contributed by atoms with Gasteiger partial charge in [-0.3, -0.25) is 9.59 Å². The molecule has 34 heavy (non-hydrogen) atoms. The monoisotopic (exact) mass is 478 g/mol. The molecule has 0 bridgehead atoms. The van der Waals surface area contributed by atoms with E-state index in [1.807, 2.05) is 49.5 Å². The summed E-state index contributed by atoms with van der Waals surface area (Å²) in [5, 5.41) is 3.47. The van der Waals surface area contributed by atoms with Crippen LogP contribution in [-0.4, -0.2) is 42.5 Å². The van der Waals surface area contributed by atoms with Crippen molar-refractivity contribution >= 4 is 29.6 Å². The Kier molecular flexibility index (Phi) is 7.13. The van der Waals surface area contributed by atoms with Crippen LogP contribution in [0.1, 0.15) is 34.5 Å². The molecule has 1 aliphatic heterocycles. The highest BCUT2D eigenvalue weighted by molar-refractivity contribution is 6.30. The lowest BCUT2D eigenvalue weighted by molar-refractivity contribution is -0.596. The third kappa shape index (κ3) is 5.21. The SMILES string of the molecule is CCOc1ccc(/C=[N+]2\NC(=O)[C@@H](NC(=O)c3ccc(OC)cc3)[C@H]2c2ccc(Cl)cc2)cc1. The lowest BCUT2D eigenvalue weighted by Crippen LogP contribution is -2.42. The van der Waals surface area contributed by atoms with E-state index in [9.17, 15) is 9.59 Å². The molecule has 0 saturated carbocycles. The topological polar surface area (TPSA) is 79.7 Å². The lowest BCUT2D eigenvalue weighted by atomic mass is 9.99. The van der Waals surface area contributed by atoms with Gasteiger partial charge in [0, 0.05) is 21.7 Å². The number of hydrazine groups is 1. The largest absolute Gasteiger partial charge is 0.497 e. The zero-order valence-corrected chi connectivity index (χ0v) is 19.6. The Morgan fingerprint density at radius 1 is 1.03 bits per heavy atom. The molecule has 1 heterocycles. The van der Waals surface area contributed by atoms with Gasteiger partial charge in [0.05, 0.1) is 13.7 Å². The number of methoxy groups -OCH3 is 1. The maximum Gasteiger partial charge on any atom is 0.304 e. The fourth-order valence-corrected chi connectivity index (χ4v) is 3.91. The zero-order chi connectivity index (χ0) is 24.1. The number of hydrazone groups is 1. The molecule has 2 N–H and O–H groups in total. The van der Waals surface area contributed by atoms with Gasteiger partial charge in [0.25, 0.3) is 5.91 Å². The van der Waals surface area contributed by atoms with Crippen molar-refractivity contribution in [2.24, 2.45) is 0 Å². The highest BCUT2D eigenvalue weighted by Gasteiger charge is 2.47. The first-order valence-corrected chi connectivity index (χ1v) is 11.2. The van der Waals surface area contributed by atoms with Crippen molar-refractivity contribution in [1.29, 1.82) is 0 Å². The van der Waals surface area contributed by atoms with Gasteiger partial charge < -0.3 is 14.8 Å². The Balaban J connectivity index is 1.65. The second-order valence-electron chi connectivity index (χ2n) is 7.69. The van der Waals surface area contributed by atoms with Crippen molar-refractivity contribution < 1.29 is 23.7 Å². The molecule has 1 aliphatic rings. The van der Waals surface area contributed by atoms with Crippen molar-refractivity contribution in [3.05, 3.63) is 94.5 Å². The molecular formula is C26H25ClN3O4+. The summed E-state index contributed by atoms with van der Waals surface area (Å²) < 4.78 is 12.4. The Labute approximate surface area is 202 Å². The molecule has 2 amide bonds. The molecule has 1 saturated heterocycles. The fraction of sp³-hybridized carbons (Fsp3) is 0.192. The molecule has 174 valence electrons. The van der Waals surface area contributed by atoms with E-state index in [0.29, 0.717) is 22.9 Å². The second-order valence-corrected chi connectivity index (χ2v) is 8.13. The lowest BCUT2D eigenvalue weighted by Gasteiger charge is -2.15. The molecular weight excluding hydrogens is 454 g/mol. The smallest absolute Gasteiger partial charge is 0.304 e. The van der Waals surface area contributed by atoms with E-state index in [4.69, 9.17) is 21.1 Å². The molecule has 7 nitrogen and oxygen atoms in total. The summed E-state index contributed by atoms with van der Waals surface area (Å²) in [5.41, 5.74) is 4.99. The van der Waals surface area contributed by atoms with E-state index in [1.165, 1.54) is 0 Å². The number of rotatable bonds is 7. The van der Waals surface area contributed by atoms with E-state index in [1.54, 1.807) is 48.2 Å². The number of amides is 2. The van der Waals surface area contributed by atoms with Crippen LogP contribution in [0.2, 0.25) is 5.02 Å². The van der Waals surface area contributed by atoms with Crippen LogP contribution >= 0.6 is 11.6 Å². The van der Waals surface area contributed by atoms with Crippen LogP contribution in [0.3, 0.4) is 0 Å². The Morgan fingerprint density at radius 3 is 2.29 bits per heavy atom. The number of halogens is 1. The minimum Gasteiger partial charge on any atom is -0.497 e. The molecule has 0 unspecified atom stereocenters. The van der Waals surface area contributed by atoms with Crippen molar-refractivity contribution in [2.45, 2.75) is 19.0 Å². The molecule has 0 radical (unpaired) electrons. The predicted octanol–water partition coefficient (Wildman–Crippen LogP) is 3.76. The minimum atomic E-state index is -0.824. The van der Waals surface area contributed by atoms with Gasteiger partial charge in [-0.1, -0.05) is 23.7 Å². The molecule has 0 spiro atoms. The molecule has 4 rings (SSSR count). The number of ether oxygens (including phenoxy) is 2. The number of carbonyl (C=O) groups excluding carboxylic acids is 2. The van der Waals surface area contributed by atoms with Gasteiger partial charge in [-0.15, -0.1) is 10.1 Å². The highest BCUT2D eigenvalue weighted by Crippen LogP contribution is 2.27. The summed E-state index contributed by atoms with van der Waals surface area (Å²) in [6.45, 7) is 2.51. The number of hydrogen-bond acceptors (Lipinski definition) is 4. The van der Waals surface area contributed by atoms with Crippen LogP contribution in [-0.2, 0) is 4.79 Å². The zero-order valence-electron chi connectivity index (χ0n) is 18.8. The summed E-state index contributed by atoms with van der Waals surface area (Å²) in [7, 11) is 1.56. The summed E-state index contributed by atoms with van der Waals surface area (Å²) in [4.78, 5) is 25.9. The minimum absolute atomic E-state index is 0.316. The maximum absolute atomic E-state index is 13.0. The van der Waals surface area contributed by atoms with Crippen LogP contribution in [0.4, 0.5) is 0 Å². The molecule has 3 aromatic rings. The quantitative estimate of drug-likeness (QED) is 0.507.